The Morgan fingerprint density at radius 1 is 1.19 bits per heavy atom. The van der Waals surface area contributed by atoms with Gasteiger partial charge < -0.3 is 10.5 Å². The standard InChI is InChI=1S/C14H12Br2N2O3/c1-8(17)9-2-4-11(5-3-9)21-14-12(15)6-10(18(19)20)7-13(14)16/h2-8H,17H2,1H3. The highest BCUT2D eigenvalue weighted by atomic mass is 79.9. The van der Waals surface area contributed by atoms with E-state index in [9.17, 15) is 10.1 Å². The van der Waals surface area contributed by atoms with Crippen LogP contribution in [0.1, 0.15) is 18.5 Å². The van der Waals surface area contributed by atoms with Crippen molar-refractivity contribution in [2.45, 2.75) is 13.0 Å². The summed E-state index contributed by atoms with van der Waals surface area (Å²) in [5.41, 5.74) is 6.77. The fraction of sp³-hybridized carbons (Fsp3) is 0.143. The van der Waals surface area contributed by atoms with Crippen LogP contribution in [-0.4, -0.2) is 4.92 Å². The van der Waals surface area contributed by atoms with Crippen molar-refractivity contribution in [1.29, 1.82) is 0 Å². The molecular formula is C14H12Br2N2O3. The van der Waals surface area contributed by atoms with E-state index in [1.165, 1.54) is 12.1 Å². The van der Waals surface area contributed by atoms with Crippen molar-refractivity contribution in [2.24, 2.45) is 5.73 Å². The Bertz CT molecular complexity index is 649. The van der Waals surface area contributed by atoms with E-state index in [1.807, 2.05) is 19.1 Å². The average molecular weight is 416 g/mol. The van der Waals surface area contributed by atoms with Crippen molar-refractivity contribution in [1.82, 2.24) is 0 Å². The monoisotopic (exact) mass is 414 g/mol. The van der Waals surface area contributed by atoms with E-state index in [4.69, 9.17) is 10.5 Å². The highest BCUT2D eigenvalue weighted by Gasteiger charge is 2.15. The van der Waals surface area contributed by atoms with E-state index in [1.54, 1.807) is 12.1 Å². The SMILES string of the molecule is CC(N)c1ccc(Oc2c(Br)cc([N+](=O)[O-])cc2Br)cc1. The number of hydrogen-bond donors (Lipinski definition) is 1. The molecule has 0 aliphatic rings. The summed E-state index contributed by atoms with van der Waals surface area (Å²) in [4.78, 5) is 10.3. The lowest BCUT2D eigenvalue weighted by Crippen LogP contribution is -2.04. The van der Waals surface area contributed by atoms with Crippen LogP contribution in [0.3, 0.4) is 0 Å². The zero-order chi connectivity index (χ0) is 15.6. The summed E-state index contributed by atoms with van der Waals surface area (Å²) >= 11 is 6.56. The zero-order valence-corrected chi connectivity index (χ0v) is 14.2. The van der Waals surface area contributed by atoms with E-state index in [2.05, 4.69) is 31.9 Å². The molecule has 0 aromatic heterocycles. The minimum Gasteiger partial charge on any atom is -0.455 e. The van der Waals surface area contributed by atoms with Crippen molar-refractivity contribution in [2.75, 3.05) is 0 Å². The van der Waals surface area contributed by atoms with Gasteiger partial charge in [-0.3, -0.25) is 10.1 Å². The number of halogens is 2. The summed E-state index contributed by atoms with van der Waals surface area (Å²) in [7, 11) is 0. The minimum absolute atomic E-state index is 0.0200. The van der Waals surface area contributed by atoms with Gasteiger partial charge in [-0.25, -0.2) is 0 Å². The first-order valence-electron chi connectivity index (χ1n) is 6.05. The Labute approximate surface area is 138 Å². The van der Waals surface area contributed by atoms with Gasteiger partial charge in [0.2, 0.25) is 0 Å². The molecule has 0 fully saturated rings. The molecule has 0 bridgehead atoms. The third-order valence-corrected chi connectivity index (χ3v) is 4.00. The molecule has 0 aliphatic carbocycles. The number of nitro benzene ring substituents is 1. The quantitative estimate of drug-likeness (QED) is 0.567. The van der Waals surface area contributed by atoms with E-state index >= 15 is 0 Å². The van der Waals surface area contributed by atoms with Crippen LogP contribution in [-0.2, 0) is 0 Å². The van der Waals surface area contributed by atoms with E-state index in [0.29, 0.717) is 20.4 Å². The number of rotatable bonds is 4. The fourth-order valence-corrected chi connectivity index (χ4v) is 3.03. The van der Waals surface area contributed by atoms with Crippen LogP contribution in [0.15, 0.2) is 45.3 Å². The molecule has 1 unspecified atom stereocenters. The van der Waals surface area contributed by atoms with Crippen molar-refractivity contribution >= 4 is 37.5 Å². The molecule has 0 radical (unpaired) electrons. The van der Waals surface area contributed by atoms with Gasteiger partial charge in [-0.1, -0.05) is 12.1 Å². The maximum Gasteiger partial charge on any atom is 0.271 e. The molecule has 0 heterocycles. The number of nitro groups is 1. The van der Waals surface area contributed by atoms with E-state index in [-0.39, 0.29) is 11.7 Å². The maximum absolute atomic E-state index is 10.8. The molecule has 1 atom stereocenters. The summed E-state index contributed by atoms with van der Waals surface area (Å²) in [5, 5.41) is 10.8. The summed E-state index contributed by atoms with van der Waals surface area (Å²) < 4.78 is 6.75. The van der Waals surface area contributed by atoms with Crippen molar-refractivity contribution in [3.05, 3.63) is 61.0 Å². The topological polar surface area (TPSA) is 78.4 Å². The lowest BCUT2D eigenvalue weighted by molar-refractivity contribution is -0.385. The fourth-order valence-electron chi connectivity index (χ4n) is 1.71. The summed E-state index contributed by atoms with van der Waals surface area (Å²) in [6.07, 6.45) is 0. The molecule has 21 heavy (non-hydrogen) atoms. The molecule has 2 rings (SSSR count). The molecule has 2 N–H and O–H groups in total. The van der Waals surface area contributed by atoms with Crippen molar-refractivity contribution in [3.8, 4) is 11.5 Å². The Balaban J connectivity index is 2.29. The van der Waals surface area contributed by atoms with Gasteiger partial charge in [0.1, 0.15) is 5.75 Å². The predicted octanol–water partition coefficient (Wildman–Crippen LogP) is 4.93. The molecule has 2 aromatic rings. The molecule has 110 valence electrons. The second kappa shape index (κ2) is 6.55. The predicted molar refractivity (Wildman–Crippen MR) is 87.6 cm³/mol. The Kier molecular flexibility index (Phi) is 4.97. The van der Waals surface area contributed by atoms with Crippen LogP contribution in [0, 0.1) is 10.1 Å². The van der Waals surface area contributed by atoms with Gasteiger partial charge in [0, 0.05) is 18.2 Å². The Morgan fingerprint density at radius 3 is 2.14 bits per heavy atom. The van der Waals surface area contributed by atoms with Crippen LogP contribution in [0.2, 0.25) is 0 Å². The highest BCUT2D eigenvalue weighted by molar-refractivity contribution is 9.11. The lowest BCUT2D eigenvalue weighted by Gasteiger charge is -2.11. The summed E-state index contributed by atoms with van der Waals surface area (Å²) in [6, 6.07) is 10.1. The molecule has 0 saturated heterocycles. The molecule has 2 aromatic carbocycles. The number of hydrogen-bond acceptors (Lipinski definition) is 4. The van der Waals surface area contributed by atoms with Gasteiger partial charge >= 0.3 is 0 Å². The molecule has 0 spiro atoms. The third-order valence-electron chi connectivity index (χ3n) is 2.82. The first-order valence-corrected chi connectivity index (χ1v) is 7.64. The number of benzene rings is 2. The minimum atomic E-state index is -0.462. The van der Waals surface area contributed by atoms with Gasteiger partial charge in [0.25, 0.3) is 5.69 Å². The number of nitrogens with zero attached hydrogens (tertiary/aromatic N) is 1. The largest absolute Gasteiger partial charge is 0.455 e. The Hall–Kier alpha value is -1.44. The zero-order valence-electron chi connectivity index (χ0n) is 11.0. The molecule has 7 heteroatoms. The number of non-ortho nitro benzene ring substituents is 1. The first kappa shape index (κ1) is 15.9. The third kappa shape index (κ3) is 3.81. The molecule has 5 nitrogen and oxygen atoms in total. The Morgan fingerprint density at radius 2 is 1.71 bits per heavy atom. The lowest BCUT2D eigenvalue weighted by atomic mass is 10.1. The normalized spacial score (nSPS) is 12.0. The molecule has 0 saturated carbocycles. The van der Waals surface area contributed by atoms with Gasteiger partial charge in [-0.05, 0) is 56.5 Å². The van der Waals surface area contributed by atoms with Crippen LogP contribution in [0.25, 0.3) is 0 Å². The maximum atomic E-state index is 10.8. The summed E-state index contributed by atoms with van der Waals surface area (Å²) in [5.74, 6) is 1.10. The van der Waals surface area contributed by atoms with Gasteiger partial charge in [0.15, 0.2) is 5.75 Å². The van der Waals surface area contributed by atoms with E-state index < -0.39 is 4.92 Å². The van der Waals surface area contributed by atoms with E-state index in [0.717, 1.165) is 5.56 Å². The van der Waals surface area contributed by atoms with Gasteiger partial charge in [0.05, 0.1) is 13.9 Å². The van der Waals surface area contributed by atoms with Gasteiger partial charge in [-0.15, -0.1) is 0 Å². The van der Waals surface area contributed by atoms with Crippen molar-refractivity contribution < 1.29 is 9.66 Å². The number of ether oxygens (including phenoxy) is 1. The van der Waals surface area contributed by atoms with Crippen molar-refractivity contribution in [3.63, 3.8) is 0 Å². The smallest absolute Gasteiger partial charge is 0.271 e. The molecule has 0 amide bonds. The average Bonchev–Trinajstić information content (AvgIpc) is 2.43. The number of nitrogens with two attached hydrogens (primary N) is 1. The molecular weight excluding hydrogens is 404 g/mol. The van der Waals surface area contributed by atoms with Crippen LogP contribution >= 0.6 is 31.9 Å². The molecule has 0 aliphatic heterocycles. The second-order valence-electron chi connectivity index (χ2n) is 4.46. The highest BCUT2D eigenvalue weighted by Crippen LogP contribution is 2.39. The van der Waals surface area contributed by atoms with Crippen LogP contribution in [0.4, 0.5) is 5.69 Å². The second-order valence-corrected chi connectivity index (χ2v) is 6.16. The first-order chi connectivity index (χ1) is 9.88. The van der Waals surface area contributed by atoms with Gasteiger partial charge in [-0.2, -0.15) is 0 Å². The van der Waals surface area contributed by atoms with Crippen LogP contribution in [0.5, 0.6) is 11.5 Å². The summed E-state index contributed by atoms with van der Waals surface area (Å²) in [6.45, 7) is 1.90. The van der Waals surface area contributed by atoms with Crippen LogP contribution < -0.4 is 10.5 Å².